The molecular formula is C6H10. The second-order valence-electron chi connectivity index (χ2n) is 1.65. The highest BCUT2D eigenvalue weighted by Crippen LogP contribution is 2.01. The van der Waals surface area contributed by atoms with Crippen LogP contribution >= 0.6 is 0 Å². The first-order chi connectivity index (χ1) is 2.64. The summed E-state index contributed by atoms with van der Waals surface area (Å²) in [6.45, 7) is 12.8. The molecule has 1 atom stereocenters. The topological polar surface area (TPSA) is 0 Å². The quantitative estimate of drug-likeness (QED) is 0.452. The molecule has 0 nitrogen and oxygen atoms in total. The molecule has 0 fully saturated rings. The van der Waals surface area contributed by atoms with Gasteiger partial charge in [0.2, 0.25) is 0 Å². The minimum Gasteiger partial charge on any atom is -0.0705 e. The number of rotatable bonds is 1. The first-order valence-electron chi connectivity index (χ1n) is 2.06. The molecule has 0 aliphatic heterocycles. The Labute approximate surface area is 39.9 Å². The average Bonchev–Trinajstić information content (AvgIpc) is 1.36. The lowest BCUT2D eigenvalue weighted by Crippen LogP contribution is -1.84. The van der Waals surface area contributed by atoms with Crippen molar-refractivity contribution in [1.82, 2.24) is 0 Å². The first-order valence-corrected chi connectivity index (χ1v) is 2.06. The first kappa shape index (κ1) is 5.74. The molecular weight excluding hydrogens is 72.1 g/mol. The van der Waals surface area contributed by atoms with Gasteiger partial charge in [0.1, 0.15) is 0 Å². The second kappa shape index (κ2) is 2.01. The van der Waals surface area contributed by atoms with Gasteiger partial charge in [0.15, 0.2) is 0 Å². The standard InChI is InChI=1S/C6H10/c1-5(2)6(3)4/h1,6H,3H2,2,4H3. The van der Waals surface area contributed by atoms with Gasteiger partial charge in [-0.25, -0.2) is 0 Å². The zero-order valence-corrected chi connectivity index (χ0v) is 4.36. The van der Waals surface area contributed by atoms with E-state index in [1.807, 2.05) is 13.8 Å². The van der Waals surface area contributed by atoms with Gasteiger partial charge in [0.05, 0.1) is 0 Å². The van der Waals surface area contributed by atoms with Crippen molar-refractivity contribution < 1.29 is 0 Å². The van der Waals surface area contributed by atoms with Crippen LogP contribution in [0.1, 0.15) is 13.8 Å². The molecule has 0 bridgehead atoms. The van der Waals surface area contributed by atoms with Gasteiger partial charge in [-0.2, -0.15) is 0 Å². The number of hydrogen-bond donors (Lipinski definition) is 0. The minimum atomic E-state index is 0.296. The van der Waals surface area contributed by atoms with Crippen molar-refractivity contribution in [1.29, 1.82) is 0 Å². The van der Waals surface area contributed by atoms with Crippen LogP contribution in [0.15, 0.2) is 5.57 Å². The third kappa shape index (κ3) is 2.01. The molecule has 0 aromatic carbocycles. The highest BCUT2D eigenvalue weighted by Gasteiger charge is 1.88. The average molecular weight is 82.1 g/mol. The Balaban J connectivity index is 3.26. The summed E-state index contributed by atoms with van der Waals surface area (Å²) in [5.41, 5.74) is 0.898. The molecule has 0 amide bonds. The molecule has 6 heavy (non-hydrogen) atoms. The summed E-state index contributed by atoms with van der Waals surface area (Å²) >= 11 is 0. The van der Waals surface area contributed by atoms with Crippen molar-refractivity contribution >= 4 is 0 Å². The lowest BCUT2D eigenvalue weighted by atomic mass is 10.1. The summed E-state index contributed by atoms with van der Waals surface area (Å²) in [6.07, 6.45) is 0. The van der Waals surface area contributed by atoms with E-state index in [9.17, 15) is 0 Å². The summed E-state index contributed by atoms with van der Waals surface area (Å²) in [5, 5.41) is 0. The van der Waals surface area contributed by atoms with Gasteiger partial charge in [0.25, 0.3) is 0 Å². The van der Waals surface area contributed by atoms with Crippen LogP contribution in [0.4, 0.5) is 0 Å². The predicted molar refractivity (Wildman–Crippen MR) is 28.0 cm³/mol. The van der Waals surface area contributed by atoms with Crippen molar-refractivity contribution in [2.24, 2.45) is 5.92 Å². The van der Waals surface area contributed by atoms with E-state index in [0.717, 1.165) is 5.57 Å². The SMILES string of the molecule is [CH]=C(C)C([CH2])C. The maximum absolute atomic E-state index is 5.29. The van der Waals surface area contributed by atoms with Crippen LogP contribution in [0.2, 0.25) is 0 Å². The van der Waals surface area contributed by atoms with E-state index in [2.05, 4.69) is 6.92 Å². The second-order valence-corrected chi connectivity index (χ2v) is 1.65. The van der Waals surface area contributed by atoms with E-state index < -0.39 is 0 Å². The van der Waals surface area contributed by atoms with Crippen molar-refractivity contribution in [2.45, 2.75) is 13.8 Å². The summed E-state index contributed by atoms with van der Waals surface area (Å²) in [7, 11) is 0. The summed E-state index contributed by atoms with van der Waals surface area (Å²) in [4.78, 5) is 0. The van der Waals surface area contributed by atoms with Gasteiger partial charge in [-0.3, -0.25) is 0 Å². The van der Waals surface area contributed by atoms with Gasteiger partial charge in [-0.15, -0.1) is 0 Å². The number of hydrogen-bond acceptors (Lipinski definition) is 0. The molecule has 0 aliphatic rings. The molecule has 0 saturated heterocycles. The van der Waals surface area contributed by atoms with Crippen LogP contribution < -0.4 is 0 Å². The molecule has 0 aromatic heterocycles. The fraction of sp³-hybridized carbons (Fsp3) is 0.500. The zero-order valence-electron chi connectivity index (χ0n) is 4.36. The largest absolute Gasteiger partial charge is 0.0705 e. The summed E-state index contributed by atoms with van der Waals surface area (Å²) in [5.74, 6) is 0.296. The van der Waals surface area contributed by atoms with Crippen molar-refractivity contribution in [3.05, 3.63) is 19.1 Å². The van der Waals surface area contributed by atoms with Crippen LogP contribution in [0, 0.1) is 19.4 Å². The van der Waals surface area contributed by atoms with Gasteiger partial charge in [0, 0.05) is 0 Å². The fourth-order valence-electron chi connectivity index (χ4n) is 0. The van der Waals surface area contributed by atoms with Crippen LogP contribution in [-0.2, 0) is 0 Å². The van der Waals surface area contributed by atoms with Gasteiger partial charge < -0.3 is 0 Å². The smallest absolute Gasteiger partial charge is 0.0231 e. The molecule has 0 aromatic rings. The molecule has 0 heteroatoms. The van der Waals surface area contributed by atoms with E-state index in [-0.39, 0.29) is 0 Å². The molecule has 0 saturated carbocycles. The maximum Gasteiger partial charge on any atom is -0.0231 e. The third-order valence-electron chi connectivity index (χ3n) is 0.777. The molecule has 0 heterocycles. The van der Waals surface area contributed by atoms with Crippen LogP contribution in [0.25, 0.3) is 0 Å². The number of allylic oxidation sites excluding steroid dienone is 1. The molecule has 34 valence electrons. The van der Waals surface area contributed by atoms with Crippen LogP contribution in [0.3, 0.4) is 0 Å². The van der Waals surface area contributed by atoms with Crippen LogP contribution in [0.5, 0.6) is 0 Å². The molecule has 0 aliphatic carbocycles. The normalized spacial score (nSPS) is 9.33. The minimum absolute atomic E-state index is 0.296. The Hall–Kier alpha value is -0.260. The van der Waals surface area contributed by atoms with Crippen molar-refractivity contribution in [3.63, 3.8) is 0 Å². The maximum atomic E-state index is 5.29. The molecule has 0 rings (SSSR count). The third-order valence-corrected chi connectivity index (χ3v) is 0.777. The highest BCUT2D eigenvalue weighted by atomic mass is 13.9. The van der Waals surface area contributed by atoms with Crippen molar-refractivity contribution in [3.8, 4) is 0 Å². The highest BCUT2D eigenvalue weighted by molar-refractivity contribution is 4.91. The lowest BCUT2D eigenvalue weighted by molar-refractivity contribution is 0.861. The Bertz CT molecular complexity index is 51.1. The predicted octanol–water partition coefficient (Wildman–Crippen LogP) is 1.84. The van der Waals surface area contributed by atoms with E-state index in [0.29, 0.717) is 5.92 Å². The van der Waals surface area contributed by atoms with Gasteiger partial charge in [-0.05, 0) is 19.8 Å². The Kier molecular flexibility index (Phi) is 1.93. The van der Waals surface area contributed by atoms with E-state index in [4.69, 9.17) is 6.58 Å². The lowest BCUT2D eigenvalue weighted by Gasteiger charge is -1.97. The zero-order chi connectivity index (χ0) is 5.15. The van der Waals surface area contributed by atoms with Gasteiger partial charge >= 0.3 is 0 Å². The van der Waals surface area contributed by atoms with Crippen LogP contribution in [-0.4, -0.2) is 0 Å². The monoisotopic (exact) mass is 82.1 g/mol. The van der Waals surface area contributed by atoms with Crippen molar-refractivity contribution in [2.75, 3.05) is 0 Å². The summed E-state index contributed by atoms with van der Waals surface area (Å²) in [6, 6.07) is 0. The Morgan fingerprint density at radius 1 is 1.83 bits per heavy atom. The molecule has 0 N–H and O–H groups in total. The molecule has 1 unspecified atom stereocenters. The molecule has 2 radical (unpaired) electrons. The molecule has 0 spiro atoms. The fourth-order valence-corrected chi connectivity index (χ4v) is 0. The van der Waals surface area contributed by atoms with E-state index >= 15 is 0 Å². The van der Waals surface area contributed by atoms with E-state index in [1.54, 1.807) is 0 Å². The Morgan fingerprint density at radius 3 is 2.00 bits per heavy atom. The Morgan fingerprint density at radius 2 is 2.00 bits per heavy atom. The van der Waals surface area contributed by atoms with E-state index in [1.165, 1.54) is 0 Å². The van der Waals surface area contributed by atoms with Gasteiger partial charge in [-0.1, -0.05) is 19.1 Å². The summed E-state index contributed by atoms with van der Waals surface area (Å²) < 4.78 is 0.